The minimum Gasteiger partial charge on any atom is -0.313 e. The molecule has 0 spiro atoms. The molecule has 0 fully saturated rings. The van der Waals surface area contributed by atoms with Crippen molar-refractivity contribution in [3.05, 3.63) is 40.5 Å². The lowest BCUT2D eigenvalue weighted by molar-refractivity contribution is 0.682. The van der Waals surface area contributed by atoms with Crippen molar-refractivity contribution in [2.45, 2.75) is 34.6 Å². The summed E-state index contributed by atoms with van der Waals surface area (Å²) in [6, 6.07) is 6.72. The smallest absolute Gasteiger partial charge is 0.0170 e. The molecule has 0 radical (unpaired) electrons. The minimum atomic E-state index is 0.592. The number of aryl methyl sites for hydroxylation is 2. The van der Waals surface area contributed by atoms with E-state index < -0.39 is 0 Å². The van der Waals surface area contributed by atoms with Gasteiger partial charge >= 0.3 is 0 Å². The van der Waals surface area contributed by atoms with Crippen molar-refractivity contribution in [2.24, 2.45) is 5.92 Å². The van der Waals surface area contributed by atoms with E-state index in [9.17, 15) is 0 Å². The van der Waals surface area contributed by atoms with Crippen LogP contribution in [-0.2, 0) is 0 Å². The molecule has 1 aromatic rings. The van der Waals surface area contributed by atoms with Crippen LogP contribution in [0, 0.1) is 19.8 Å². The van der Waals surface area contributed by atoms with Crippen LogP contribution in [-0.4, -0.2) is 13.1 Å². The van der Waals surface area contributed by atoms with E-state index in [1.165, 1.54) is 22.3 Å². The Hall–Kier alpha value is -1.08. The summed E-state index contributed by atoms with van der Waals surface area (Å²) in [5, 5.41) is 3.41. The first-order chi connectivity index (χ1) is 8.02. The van der Waals surface area contributed by atoms with E-state index in [4.69, 9.17) is 0 Å². The molecule has 1 nitrogen and oxygen atoms in total. The van der Waals surface area contributed by atoms with Gasteiger partial charge < -0.3 is 5.32 Å². The molecule has 1 aromatic carbocycles. The Kier molecular flexibility index (Phi) is 5.43. The molecule has 0 unspecified atom stereocenters. The first-order valence-corrected chi connectivity index (χ1v) is 6.52. The lowest BCUT2D eigenvalue weighted by Crippen LogP contribution is -2.18. The predicted molar refractivity (Wildman–Crippen MR) is 77.3 cm³/mol. The number of nitrogens with one attached hydrogen (secondary N) is 1. The van der Waals surface area contributed by atoms with Crippen molar-refractivity contribution in [2.75, 3.05) is 13.1 Å². The third kappa shape index (κ3) is 4.74. The quantitative estimate of drug-likeness (QED) is 0.809. The van der Waals surface area contributed by atoms with E-state index in [1.807, 2.05) is 0 Å². The fourth-order valence-corrected chi connectivity index (χ4v) is 2.00. The van der Waals surface area contributed by atoms with E-state index in [-0.39, 0.29) is 0 Å². The van der Waals surface area contributed by atoms with Crippen molar-refractivity contribution < 1.29 is 0 Å². The Labute approximate surface area is 106 Å². The highest BCUT2D eigenvalue weighted by molar-refractivity contribution is 5.55. The monoisotopic (exact) mass is 231 g/mol. The van der Waals surface area contributed by atoms with Gasteiger partial charge in [0.2, 0.25) is 0 Å². The molecule has 0 saturated carbocycles. The Morgan fingerprint density at radius 1 is 1.18 bits per heavy atom. The fourth-order valence-electron chi connectivity index (χ4n) is 2.00. The zero-order valence-electron chi connectivity index (χ0n) is 11.8. The van der Waals surface area contributed by atoms with Crippen molar-refractivity contribution in [1.29, 1.82) is 0 Å². The standard InChI is InChI=1S/C16H25N/c1-6-17-11-16(12(2)3)10-15-8-13(4)7-14(5)9-15/h7-10,12,17H,6,11H2,1-5H3. The zero-order valence-corrected chi connectivity index (χ0v) is 11.8. The van der Waals surface area contributed by atoms with E-state index in [2.05, 4.69) is 64.2 Å². The summed E-state index contributed by atoms with van der Waals surface area (Å²) in [6.45, 7) is 13.0. The minimum absolute atomic E-state index is 0.592. The zero-order chi connectivity index (χ0) is 12.8. The van der Waals surface area contributed by atoms with Gasteiger partial charge in [0, 0.05) is 6.54 Å². The summed E-state index contributed by atoms with van der Waals surface area (Å²) in [5.41, 5.74) is 5.46. The molecule has 1 rings (SSSR count). The van der Waals surface area contributed by atoms with Crippen LogP contribution in [0.25, 0.3) is 6.08 Å². The van der Waals surface area contributed by atoms with Gasteiger partial charge in [-0.05, 0) is 31.9 Å². The van der Waals surface area contributed by atoms with Crippen LogP contribution in [0.15, 0.2) is 23.8 Å². The normalized spacial score (nSPS) is 12.2. The van der Waals surface area contributed by atoms with Crippen LogP contribution in [0.1, 0.15) is 37.5 Å². The van der Waals surface area contributed by atoms with Crippen LogP contribution in [0.3, 0.4) is 0 Å². The third-order valence-electron chi connectivity index (χ3n) is 2.92. The van der Waals surface area contributed by atoms with Crippen molar-refractivity contribution in [3.63, 3.8) is 0 Å². The number of hydrogen-bond donors (Lipinski definition) is 1. The molecular formula is C16H25N. The van der Waals surface area contributed by atoms with Gasteiger partial charge in [-0.15, -0.1) is 0 Å². The van der Waals surface area contributed by atoms with E-state index >= 15 is 0 Å². The van der Waals surface area contributed by atoms with Gasteiger partial charge in [-0.25, -0.2) is 0 Å². The molecule has 0 aliphatic carbocycles. The number of likely N-dealkylation sites (N-methyl/N-ethyl adjacent to an activating group) is 1. The lowest BCUT2D eigenvalue weighted by atomic mass is 9.98. The second-order valence-corrected chi connectivity index (χ2v) is 5.08. The lowest BCUT2D eigenvalue weighted by Gasteiger charge is -2.12. The molecule has 0 bridgehead atoms. The van der Waals surface area contributed by atoms with Gasteiger partial charge in [0.05, 0.1) is 0 Å². The number of rotatable bonds is 5. The van der Waals surface area contributed by atoms with Crippen LogP contribution in [0.4, 0.5) is 0 Å². The van der Waals surface area contributed by atoms with Crippen LogP contribution in [0.5, 0.6) is 0 Å². The highest BCUT2D eigenvalue weighted by Gasteiger charge is 2.03. The van der Waals surface area contributed by atoms with Gasteiger partial charge in [0.25, 0.3) is 0 Å². The molecule has 0 heterocycles. The predicted octanol–water partition coefficient (Wildman–Crippen LogP) is 3.95. The Bertz CT molecular complexity index is 368. The van der Waals surface area contributed by atoms with E-state index in [1.54, 1.807) is 0 Å². The van der Waals surface area contributed by atoms with Gasteiger partial charge in [-0.2, -0.15) is 0 Å². The van der Waals surface area contributed by atoms with Crippen molar-refractivity contribution >= 4 is 6.08 Å². The van der Waals surface area contributed by atoms with Crippen LogP contribution in [0.2, 0.25) is 0 Å². The highest BCUT2D eigenvalue weighted by atomic mass is 14.8. The maximum Gasteiger partial charge on any atom is 0.0170 e. The summed E-state index contributed by atoms with van der Waals surface area (Å²) in [4.78, 5) is 0. The van der Waals surface area contributed by atoms with Gasteiger partial charge in [-0.1, -0.05) is 61.7 Å². The fraction of sp³-hybridized carbons (Fsp3) is 0.500. The molecular weight excluding hydrogens is 206 g/mol. The first kappa shape index (κ1) is 14.0. The summed E-state index contributed by atoms with van der Waals surface area (Å²) >= 11 is 0. The largest absolute Gasteiger partial charge is 0.313 e. The summed E-state index contributed by atoms with van der Waals surface area (Å²) in [6.07, 6.45) is 2.33. The van der Waals surface area contributed by atoms with Gasteiger partial charge in [0.15, 0.2) is 0 Å². The SMILES string of the molecule is CCNCC(=Cc1cc(C)cc(C)c1)C(C)C. The molecule has 94 valence electrons. The average Bonchev–Trinajstić information content (AvgIpc) is 2.22. The summed E-state index contributed by atoms with van der Waals surface area (Å²) in [7, 11) is 0. The molecule has 17 heavy (non-hydrogen) atoms. The van der Waals surface area contributed by atoms with Crippen LogP contribution >= 0.6 is 0 Å². The van der Waals surface area contributed by atoms with Crippen molar-refractivity contribution in [3.8, 4) is 0 Å². The van der Waals surface area contributed by atoms with Gasteiger partial charge in [-0.3, -0.25) is 0 Å². The summed E-state index contributed by atoms with van der Waals surface area (Å²) in [5.74, 6) is 0.592. The van der Waals surface area contributed by atoms with E-state index in [0.717, 1.165) is 13.1 Å². The number of hydrogen-bond acceptors (Lipinski definition) is 1. The second-order valence-electron chi connectivity index (χ2n) is 5.08. The van der Waals surface area contributed by atoms with Crippen LogP contribution < -0.4 is 5.32 Å². The third-order valence-corrected chi connectivity index (χ3v) is 2.92. The molecule has 0 aliphatic heterocycles. The summed E-state index contributed by atoms with van der Waals surface area (Å²) < 4.78 is 0. The number of benzene rings is 1. The first-order valence-electron chi connectivity index (χ1n) is 6.52. The average molecular weight is 231 g/mol. The maximum atomic E-state index is 3.41. The second kappa shape index (κ2) is 6.61. The molecule has 0 aliphatic rings. The Morgan fingerprint density at radius 2 is 1.76 bits per heavy atom. The molecule has 0 amide bonds. The molecule has 1 heteroatoms. The van der Waals surface area contributed by atoms with E-state index in [0.29, 0.717) is 5.92 Å². The van der Waals surface area contributed by atoms with Gasteiger partial charge in [0.1, 0.15) is 0 Å². The maximum absolute atomic E-state index is 3.41. The Balaban J connectivity index is 2.95. The topological polar surface area (TPSA) is 12.0 Å². The highest BCUT2D eigenvalue weighted by Crippen LogP contribution is 2.16. The van der Waals surface area contributed by atoms with Crippen molar-refractivity contribution in [1.82, 2.24) is 5.32 Å². The molecule has 0 aromatic heterocycles. The molecule has 1 N–H and O–H groups in total. The Morgan fingerprint density at radius 3 is 2.24 bits per heavy atom. The molecule has 0 saturated heterocycles. The molecule has 0 atom stereocenters.